The summed E-state index contributed by atoms with van der Waals surface area (Å²) in [6.45, 7) is 1.59. The maximum atomic E-state index is 14.1. The summed E-state index contributed by atoms with van der Waals surface area (Å²) < 4.78 is 41.6. The van der Waals surface area contributed by atoms with Gasteiger partial charge in [-0.05, 0) is 37.7 Å². The van der Waals surface area contributed by atoms with Crippen LogP contribution >= 0.6 is 11.8 Å². The minimum absolute atomic E-state index is 0.00124. The SMILES string of the molecule is CNC(CSc1ccccc1F)c1c(F)ccc(C)c1F. The normalized spacial score (nSPS) is 12.4. The minimum Gasteiger partial charge on any atom is -0.312 e. The van der Waals surface area contributed by atoms with Crippen LogP contribution in [0.1, 0.15) is 17.2 Å². The summed E-state index contributed by atoms with van der Waals surface area (Å²) in [6.07, 6.45) is 0. The van der Waals surface area contributed by atoms with Crippen LogP contribution in [-0.2, 0) is 0 Å². The van der Waals surface area contributed by atoms with E-state index in [9.17, 15) is 13.2 Å². The second-order valence-electron chi connectivity index (χ2n) is 4.67. The van der Waals surface area contributed by atoms with Crippen molar-refractivity contribution < 1.29 is 13.2 Å². The number of aryl methyl sites for hydroxylation is 1. The fourth-order valence-corrected chi connectivity index (χ4v) is 3.10. The smallest absolute Gasteiger partial charge is 0.136 e. The van der Waals surface area contributed by atoms with Crippen LogP contribution in [0.5, 0.6) is 0 Å². The van der Waals surface area contributed by atoms with Gasteiger partial charge < -0.3 is 5.32 Å². The Hall–Kier alpha value is -1.46. The molecular weight excluding hydrogens is 295 g/mol. The lowest BCUT2D eigenvalue weighted by Crippen LogP contribution is -2.22. The molecule has 0 amide bonds. The molecule has 0 bridgehead atoms. The highest BCUT2D eigenvalue weighted by atomic mass is 32.2. The van der Waals surface area contributed by atoms with Crippen LogP contribution in [0.25, 0.3) is 0 Å². The van der Waals surface area contributed by atoms with Crippen molar-refractivity contribution in [3.8, 4) is 0 Å². The molecule has 5 heteroatoms. The highest BCUT2D eigenvalue weighted by Gasteiger charge is 2.21. The second-order valence-corrected chi connectivity index (χ2v) is 5.74. The molecule has 0 saturated carbocycles. The van der Waals surface area contributed by atoms with E-state index in [4.69, 9.17) is 0 Å². The van der Waals surface area contributed by atoms with Gasteiger partial charge in [0.05, 0.1) is 0 Å². The largest absolute Gasteiger partial charge is 0.312 e. The van der Waals surface area contributed by atoms with E-state index in [1.807, 2.05) is 0 Å². The zero-order valence-corrected chi connectivity index (χ0v) is 12.6. The van der Waals surface area contributed by atoms with E-state index >= 15 is 0 Å². The fourth-order valence-electron chi connectivity index (χ4n) is 2.04. The predicted octanol–water partition coefficient (Wildman–Crippen LogP) is 4.47. The Balaban J connectivity index is 2.22. The first-order valence-electron chi connectivity index (χ1n) is 6.53. The number of thioether (sulfide) groups is 1. The van der Waals surface area contributed by atoms with Crippen LogP contribution in [0.3, 0.4) is 0 Å². The second kappa shape index (κ2) is 7.00. The van der Waals surface area contributed by atoms with Crippen molar-refractivity contribution in [2.45, 2.75) is 17.9 Å². The minimum atomic E-state index is -0.591. The Kier molecular flexibility index (Phi) is 5.31. The standard InChI is InChI=1S/C16H16F3NS/c1-10-7-8-12(18)15(16(10)19)13(20-2)9-21-14-6-4-3-5-11(14)17/h3-8,13,20H,9H2,1-2H3. The number of nitrogens with one attached hydrogen (secondary N) is 1. The van der Waals surface area contributed by atoms with Gasteiger partial charge in [-0.15, -0.1) is 11.8 Å². The van der Waals surface area contributed by atoms with E-state index in [1.165, 1.54) is 30.0 Å². The number of benzene rings is 2. The first-order valence-corrected chi connectivity index (χ1v) is 7.52. The zero-order chi connectivity index (χ0) is 15.4. The zero-order valence-electron chi connectivity index (χ0n) is 11.8. The van der Waals surface area contributed by atoms with Crippen LogP contribution in [0.2, 0.25) is 0 Å². The Morgan fingerprint density at radius 1 is 1.05 bits per heavy atom. The molecule has 0 aliphatic carbocycles. The van der Waals surface area contributed by atoms with Gasteiger partial charge in [0.25, 0.3) is 0 Å². The summed E-state index contributed by atoms with van der Waals surface area (Å²) in [6, 6.07) is 8.48. The van der Waals surface area contributed by atoms with Crippen molar-refractivity contribution >= 4 is 11.8 Å². The summed E-state index contributed by atoms with van der Waals surface area (Å²) in [5, 5.41) is 2.89. The van der Waals surface area contributed by atoms with Crippen molar-refractivity contribution in [2.75, 3.05) is 12.8 Å². The topological polar surface area (TPSA) is 12.0 Å². The Morgan fingerprint density at radius 3 is 2.43 bits per heavy atom. The quantitative estimate of drug-likeness (QED) is 0.818. The van der Waals surface area contributed by atoms with Gasteiger partial charge in [0, 0.05) is 22.3 Å². The maximum Gasteiger partial charge on any atom is 0.136 e. The Morgan fingerprint density at radius 2 is 1.76 bits per heavy atom. The molecule has 0 aliphatic rings. The van der Waals surface area contributed by atoms with Gasteiger partial charge >= 0.3 is 0 Å². The van der Waals surface area contributed by atoms with Crippen LogP contribution < -0.4 is 5.32 Å². The van der Waals surface area contributed by atoms with E-state index < -0.39 is 17.7 Å². The lowest BCUT2D eigenvalue weighted by molar-refractivity contribution is 0.509. The molecule has 0 radical (unpaired) electrons. The first kappa shape index (κ1) is 15.9. The summed E-state index contributed by atoms with van der Waals surface area (Å²) in [4.78, 5) is 0.464. The third-order valence-electron chi connectivity index (χ3n) is 3.26. The van der Waals surface area contributed by atoms with Gasteiger partial charge in [0.2, 0.25) is 0 Å². The van der Waals surface area contributed by atoms with E-state index in [0.717, 1.165) is 0 Å². The number of halogens is 3. The molecule has 0 spiro atoms. The van der Waals surface area contributed by atoms with Gasteiger partial charge in [0.1, 0.15) is 17.5 Å². The van der Waals surface area contributed by atoms with E-state index in [2.05, 4.69) is 5.32 Å². The number of hydrogen-bond acceptors (Lipinski definition) is 2. The lowest BCUT2D eigenvalue weighted by atomic mass is 10.0. The number of hydrogen-bond donors (Lipinski definition) is 1. The molecule has 1 atom stereocenters. The van der Waals surface area contributed by atoms with Crippen LogP contribution in [-0.4, -0.2) is 12.8 Å². The lowest BCUT2D eigenvalue weighted by Gasteiger charge is -2.19. The molecule has 0 aromatic heterocycles. The molecule has 0 saturated heterocycles. The molecule has 2 rings (SSSR count). The van der Waals surface area contributed by atoms with Crippen molar-refractivity contribution in [3.63, 3.8) is 0 Å². The Bertz CT molecular complexity index is 631. The van der Waals surface area contributed by atoms with Gasteiger partial charge in [-0.3, -0.25) is 0 Å². The van der Waals surface area contributed by atoms with Crippen LogP contribution in [0.15, 0.2) is 41.3 Å². The summed E-state index contributed by atoms with van der Waals surface area (Å²) in [5.74, 6) is -1.15. The summed E-state index contributed by atoms with van der Waals surface area (Å²) >= 11 is 1.23. The molecule has 112 valence electrons. The molecule has 0 aliphatic heterocycles. The van der Waals surface area contributed by atoms with Gasteiger partial charge in [-0.2, -0.15) is 0 Å². The molecule has 1 nitrogen and oxygen atoms in total. The highest BCUT2D eigenvalue weighted by Crippen LogP contribution is 2.30. The number of rotatable bonds is 5. The van der Waals surface area contributed by atoms with Crippen molar-refractivity contribution in [1.29, 1.82) is 0 Å². The van der Waals surface area contributed by atoms with Gasteiger partial charge in [-0.1, -0.05) is 18.2 Å². The molecule has 2 aromatic rings. The van der Waals surface area contributed by atoms with Crippen molar-refractivity contribution in [3.05, 3.63) is 65.0 Å². The fraction of sp³-hybridized carbons (Fsp3) is 0.250. The van der Waals surface area contributed by atoms with Crippen LogP contribution in [0.4, 0.5) is 13.2 Å². The van der Waals surface area contributed by atoms with Gasteiger partial charge in [-0.25, -0.2) is 13.2 Å². The van der Waals surface area contributed by atoms with Gasteiger partial charge in [0.15, 0.2) is 0 Å². The molecular formula is C16H16F3NS. The predicted molar refractivity (Wildman–Crippen MR) is 80.0 cm³/mol. The molecule has 1 unspecified atom stereocenters. The third-order valence-corrected chi connectivity index (χ3v) is 4.40. The Labute approximate surface area is 126 Å². The maximum absolute atomic E-state index is 14.1. The summed E-state index contributed by atoms with van der Waals surface area (Å²) in [7, 11) is 1.63. The average Bonchev–Trinajstić information content (AvgIpc) is 2.48. The highest BCUT2D eigenvalue weighted by molar-refractivity contribution is 7.99. The average molecular weight is 311 g/mol. The first-order chi connectivity index (χ1) is 10.0. The monoisotopic (exact) mass is 311 g/mol. The van der Waals surface area contributed by atoms with E-state index in [0.29, 0.717) is 16.2 Å². The summed E-state index contributed by atoms with van der Waals surface area (Å²) in [5.41, 5.74) is 0.392. The van der Waals surface area contributed by atoms with Crippen molar-refractivity contribution in [1.82, 2.24) is 5.32 Å². The third kappa shape index (κ3) is 3.60. The molecule has 2 aromatic carbocycles. The van der Waals surface area contributed by atoms with E-state index in [1.54, 1.807) is 32.2 Å². The molecule has 1 N–H and O–H groups in total. The van der Waals surface area contributed by atoms with Crippen molar-refractivity contribution in [2.24, 2.45) is 0 Å². The van der Waals surface area contributed by atoms with E-state index in [-0.39, 0.29) is 11.4 Å². The molecule has 0 heterocycles. The molecule has 0 fully saturated rings. The van der Waals surface area contributed by atoms with Crippen LogP contribution in [0, 0.1) is 24.4 Å². The molecule has 21 heavy (non-hydrogen) atoms.